The van der Waals surface area contributed by atoms with Crippen molar-refractivity contribution in [1.29, 1.82) is 0 Å². The molecule has 0 atom stereocenters. The summed E-state index contributed by atoms with van der Waals surface area (Å²) in [6, 6.07) is 5.51. The van der Waals surface area contributed by atoms with Crippen molar-refractivity contribution in [3.05, 3.63) is 57.9 Å². The summed E-state index contributed by atoms with van der Waals surface area (Å²) in [5.74, 6) is -2.70. The van der Waals surface area contributed by atoms with Crippen LogP contribution >= 0.6 is 0 Å². The van der Waals surface area contributed by atoms with Crippen molar-refractivity contribution in [2.75, 3.05) is 11.1 Å². The Hall–Kier alpha value is -3.37. The topological polar surface area (TPSA) is 107 Å². The van der Waals surface area contributed by atoms with Crippen molar-refractivity contribution in [2.45, 2.75) is 6.36 Å². The third-order valence-corrected chi connectivity index (χ3v) is 2.89. The van der Waals surface area contributed by atoms with Gasteiger partial charge in [0.1, 0.15) is 17.3 Å². The van der Waals surface area contributed by atoms with Gasteiger partial charge in [-0.15, -0.1) is 13.2 Å². The molecule has 11 heteroatoms. The Kier molecular flexibility index (Phi) is 4.77. The highest BCUT2D eigenvalue weighted by Gasteiger charge is 2.31. The smallest absolute Gasteiger partial charge is 0.406 e. The van der Waals surface area contributed by atoms with Gasteiger partial charge in [-0.05, 0) is 18.2 Å². The number of nitrogens with two attached hydrogens (primary N) is 1. The quantitative estimate of drug-likeness (QED) is 0.376. The molecule has 25 heavy (non-hydrogen) atoms. The molecule has 0 bridgehead atoms. The number of nitrogen functional groups attached to an aromatic ring is 1. The van der Waals surface area contributed by atoms with Crippen molar-refractivity contribution in [2.24, 2.45) is 0 Å². The second-order valence-corrected chi connectivity index (χ2v) is 4.67. The number of carbonyl (C=O) groups is 1. The van der Waals surface area contributed by atoms with E-state index in [9.17, 15) is 32.5 Å². The lowest BCUT2D eigenvalue weighted by Gasteiger charge is -2.11. The summed E-state index contributed by atoms with van der Waals surface area (Å²) in [7, 11) is 0. The second-order valence-electron chi connectivity index (χ2n) is 4.67. The van der Waals surface area contributed by atoms with E-state index >= 15 is 0 Å². The molecule has 2 rings (SSSR count). The van der Waals surface area contributed by atoms with E-state index in [0.29, 0.717) is 12.1 Å². The predicted octanol–water partition coefficient (Wildman–Crippen LogP) is 3.47. The van der Waals surface area contributed by atoms with Gasteiger partial charge in [-0.3, -0.25) is 14.9 Å². The Balaban J connectivity index is 2.29. The van der Waals surface area contributed by atoms with E-state index in [1.165, 1.54) is 12.1 Å². The number of hydrogen-bond donors (Lipinski definition) is 2. The number of benzene rings is 2. The molecule has 0 aliphatic rings. The molecule has 0 unspecified atom stereocenters. The molecule has 0 fully saturated rings. The molecule has 0 aromatic heterocycles. The van der Waals surface area contributed by atoms with E-state index in [1.807, 2.05) is 0 Å². The lowest BCUT2D eigenvalue weighted by molar-refractivity contribution is -0.384. The number of carbonyl (C=O) groups excluding carboxylic acids is 1. The molecule has 0 spiro atoms. The van der Waals surface area contributed by atoms with Crippen molar-refractivity contribution >= 4 is 23.0 Å². The number of anilines is 2. The van der Waals surface area contributed by atoms with Gasteiger partial charge in [0.15, 0.2) is 0 Å². The fourth-order valence-electron chi connectivity index (χ4n) is 1.91. The summed E-state index contributed by atoms with van der Waals surface area (Å²) in [5.41, 5.74) is 3.45. The maximum absolute atomic E-state index is 13.4. The molecule has 3 N–H and O–H groups in total. The van der Waals surface area contributed by atoms with Crippen LogP contribution in [0.4, 0.5) is 34.6 Å². The lowest BCUT2D eigenvalue weighted by atomic mass is 10.1. The van der Waals surface area contributed by atoms with E-state index in [-0.39, 0.29) is 5.69 Å². The number of amides is 1. The van der Waals surface area contributed by atoms with Gasteiger partial charge < -0.3 is 15.8 Å². The number of nitro groups is 1. The van der Waals surface area contributed by atoms with Crippen LogP contribution in [-0.4, -0.2) is 17.2 Å². The molecular weight excluding hydrogens is 350 g/mol. The van der Waals surface area contributed by atoms with Crippen LogP contribution in [0.15, 0.2) is 36.4 Å². The van der Waals surface area contributed by atoms with E-state index in [2.05, 4.69) is 10.1 Å². The van der Waals surface area contributed by atoms with Gasteiger partial charge in [0.05, 0.1) is 16.6 Å². The van der Waals surface area contributed by atoms with Gasteiger partial charge in [-0.25, -0.2) is 4.39 Å². The van der Waals surface area contributed by atoms with Gasteiger partial charge >= 0.3 is 6.36 Å². The molecule has 0 radical (unpaired) electrons. The van der Waals surface area contributed by atoms with E-state index in [4.69, 9.17) is 5.73 Å². The number of nitrogens with zero attached hydrogens (tertiary/aromatic N) is 1. The van der Waals surface area contributed by atoms with Crippen molar-refractivity contribution in [1.82, 2.24) is 0 Å². The number of hydrogen-bond acceptors (Lipinski definition) is 5. The number of rotatable bonds is 4. The van der Waals surface area contributed by atoms with E-state index in [0.717, 1.165) is 12.1 Å². The first-order valence-electron chi connectivity index (χ1n) is 6.47. The van der Waals surface area contributed by atoms with Crippen LogP contribution in [0.25, 0.3) is 0 Å². The Morgan fingerprint density at radius 2 is 1.92 bits per heavy atom. The Bertz CT molecular complexity index is 839. The lowest BCUT2D eigenvalue weighted by Crippen LogP contribution is -2.18. The molecular formula is C14H9F4N3O4. The molecule has 132 valence electrons. The summed E-state index contributed by atoms with van der Waals surface area (Å²) in [5, 5.41) is 13.0. The van der Waals surface area contributed by atoms with Crippen molar-refractivity contribution in [3.63, 3.8) is 0 Å². The van der Waals surface area contributed by atoms with Crippen LogP contribution in [-0.2, 0) is 0 Å². The third-order valence-electron chi connectivity index (χ3n) is 2.89. The monoisotopic (exact) mass is 359 g/mol. The van der Waals surface area contributed by atoms with Gasteiger partial charge in [-0.2, -0.15) is 0 Å². The number of alkyl halides is 3. The molecule has 0 saturated heterocycles. The molecule has 0 aliphatic carbocycles. The molecule has 2 aromatic carbocycles. The summed E-state index contributed by atoms with van der Waals surface area (Å²) in [6.07, 6.45) is -4.92. The summed E-state index contributed by atoms with van der Waals surface area (Å²) in [6.45, 7) is 0. The Labute approximate surface area is 137 Å². The minimum atomic E-state index is -4.92. The first-order valence-corrected chi connectivity index (χ1v) is 6.47. The fourth-order valence-corrected chi connectivity index (χ4v) is 1.91. The van der Waals surface area contributed by atoms with Gasteiger partial charge in [-0.1, -0.05) is 6.07 Å². The second kappa shape index (κ2) is 6.63. The first-order chi connectivity index (χ1) is 11.6. The highest BCUT2D eigenvalue weighted by atomic mass is 19.4. The Morgan fingerprint density at radius 1 is 1.24 bits per heavy atom. The van der Waals surface area contributed by atoms with Crippen molar-refractivity contribution < 1.29 is 32.0 Å². The van der Waals surface area contributed by atoms with Crippen LogP contribution in [0, 0.1) is 15.9 Å². The molecule has 1 amide bonds. The van der Waals surface area contributed by atoms with Crippen LogP contribution in [0.2, 0.25) is 0 Å². The number of nitro benzene ring substituents is 1. The number of halogens is 4. The zero-order valence-electron chi connectivity index (χ0n) is 12.1. The minimum absolute atomic E-state index is 0.113. The minimum Gasteiger partial charge on any atom is -0.406 e. The highest BCUT2D eigenvalue weighted by Crippen LogP contribution is 2.29. The standard InChI is InChI=1S/C14H9F4N3O4/c15-7-4-10(12(19)11(5-7)21(23)24)13(22)20-8-2-1-3-9(6-8)25-14(16,17)18/h1-6H,19H2,(H,20,22). The maximum Gasteiger partial charge on any atom is 0.573 e. The Morgan fingerprint density at radius 3 is 2.52 bits per heavy atom. The fraction of sp³-hybridized carbons (Fsp3) is 0.0714. The molecule has 7 nitrogen and oxygen atoms in total. The average Bonchev–Trinajstić information content (AvgIpc) is 2.47. The largest absolute Gasteiger partial charge is 0.573 e. The van der Waals surface area contributed by atoms with Crippen LogP contribution in [0.5, 0.6) is 5.75 Å². The first kappa shape index (κ1) is 18.0. The molecule has 2 aromatic rings. The zero-order valence-corrected chi connectivity index (χ0v) is 12.1. The van der Waals surface area contributed by atoms with Crippen LogP contribution in [0.1, 0.15) is 10.4 Å². The van der Waals surface area contributed by atoms with Crippen molar-refractivity contribution in [3.8, 4) is 5.75 Å². The predicted molar refractivity (Wildman–Crippen MR) is 78.5 cm³/mol. The van der Waals surface area contributed by atoms with E-state index in [1.54, 1.807) is 0 Å². The summed E-state index contributed by atoms with van der Waals surface area (Å²) in [4.78, 5) is 21.9. The highest BCUT2D eigenvalue weighted by molar-refractivity contribution is 6.09. The number of nitrogens with one attached hydrogen (secondary N) is 1. The molecule has 0 aliphatic heterocycles. The van der Waals surface area contributed by atoms with E-state index < -0.39 is 45.7 Å². The summed E-state index contributed by atoms with van der Waals surface area (Å²) >= 11 is 0. The summed E-state index contributed by atoms with van der Waals surface area (Å²) < 4.78 is 53.7. The normalized spacial score (nSPS) is 11.0. The average molecular weight is 359 g/mol. The third kappa shape index (κ3) is 4.56. The maximum atomic E-state index is 13.4. The molecule has 0 heterocycles. The SMILES string of the molecule is Nc1c(C(=O)Nc2cccc(OC(F)(F)F)c2)cc(F)cc1[N+](=O)[O-]. The molecule has 0 saturated carbocycles. The van der Waals surface area contributed by atoms with Crippen LogP contribution in [0.3, 0.4) is 0 Å². The van der Waals surface area contributed by atoms with Crippen LogP contribution < -0.4 is 15.8 Å². The van der Waals surface area contributed by atoms with Gasteiger partial charge in [0.2, 0.25) is 0 Å². The van der Waals surface area contributed by atoms with Gasteiger partial charge in [0, 0.05) is 11.8 Å². The number of ether oxygens (including phenoxy) is 1. The zero-order chi connectivity index (χ0) is 18.8. The van der Waals surface area contributed by atoms with Gasteiger partial charge in [0.25, 0.3) is 11.6 Å².